The van der Waals surface area contributed by atoms with Gasteiger partial charge in [0.15, 0.2) is 17.5 Å². The van der Waals surface area contributed by atoms with Gasteiger partial charge in [-0.1, -0.05) is 48.5 Å². The number of carbonyl (C=O) groups excluding carboxylic acids is 1. The molecule has 1 saturated heterocycles. The molecule has 3 aromatic carbocycles. The van der Waals surface area contributed by atoms with E-state index in [0.717, 1.165) is 42.3 Å². The molecule has 0 bridgehead atoms. The molecule has 1 unspecified atom stereocenters. The maximum Gasteiger partial charge on any atom is 0.194 e. The fourth-order valence-electron chi connectivity index (χ4n) is 5.09. The van der Waals surface area contributed by atoms with Crippen LogP contribution in [0.15, 0.2) is 78.9 Å². The van der Waals surface area contributed by atoms with E-state index in [2.05, 4.69) is 4.90 Å². The van der Waals surface area contributed by atoms with Crippen LogP contribution in [0.1, 0.15) is 34.8 Å². The first-order valence-corrected chi connectivity index (χ1v) is 11.6. The van der Waals surface area contributed by atoms with Crippen LogP contribution >= 0.6 is 0 Å². The summed E-state index contributed by atoms with van der Waals surface area (Å²) in [6.45, 7) is 1.81. The van der Waals surface area contributed by atoms with Crippen LogP contribution in [0.3, 0.4) is 0 Å². The van der Waals surface area contributed by atoms with E-state index < -0.39 is 0 Å². The Hall–Kier alpha value is -3.64. The van der Waals surface area contributed by atoms with Crippen molar-refractivity contribution in [2.24, 2.45) is 5.92 Å². The van der Waals surface area contributed by atoms with Crippen LogP contribution in [0.2, 0.25) is 0 Å². The highest BCUT2D eigenvalue weighted by Gasteiger charge is 2.32. The van der Waals surface area contributed by atoms with Crippen molar-refractivity contribution in [2.45, 2.75) is 18.9 Å². The highest BCUT2D eigenvalue weighted by Crippen LogP contribution is 2.40. The second-order valence-corrected chi connectivity index (χ2v) is 9.01. The van der Waals surface area contributed by atoms with Crippen LogP contribution in [0.25, 0.3) is 10.8 Å². The third-order valence-corrected chi connectivity index (χ3v) is 6.88. The number of nitrogens with zero attached hydrogens (tertiary/aromatic N) is 2. The number of fused-ring (bicyclic) bond motifs is 1. The third-order valence-electron chi connectivity index (χ3n) is 6.88. The zero-order valence-electron chi connectivity index (χ0n) is 18.8. The number of Topliss-reactive ketones (excluding diaryl/α,β-unsaturated/α-hetero) is 1. The molecular weight excluding hydrogens is 431 g/mol. The van der Waals surface area contributed by atoms with Crippen molar-refractivity contribution in [2.75, 3.05) is 19.6 Å². The first kappa shape index (κ1) is 22.2. The van der Waals surface area contributed by atoms with Gasteiger partial charge in [0, 0.05) is 17.7 Å². The molecule has 0 radical (unpaired) electrons. The van der Waals surface area contributed by atoms with E-state index in [0.29, 0.717) is 12.1 Å². The molecule has 34 heavy (non-hydrogen) atoms. The number of aromatic nitrogens is 1. The predicted octanol–water partition coefficient (Wildman–Crippen LogP) is 5.38. The zero-order valence-corrected chi connectivity index (χ0v) is 18.8. The van der Waals surface area contributed by atoms with Crippen molar-refractivity contribution >= 4 is 16.6 Å². The van der Waals surface area contributed by atoms with Gasteiger partial charge in [0.25, 0.3) is 0 Å². The van der Waals surface area contributed by atoms with Gasteiger partial charge in [0.1, 0.15) is 5.82 Å². The number of rotatable bonds is 6. The Labute approximate surface area is 197 Å². The van der Waals surface area contributed by atoms with Crippen molar-refractivity contribution in [1.82, 2.24) is 9.47 Å². The summed E-state index contributed by atoms with van der Waals surface area (Å²) in [5, 5.41) is 23.0. The number of aromatic hydroxyl groups is 2. The van der Waals surface area contributed by atoms with Gasteiger partial charge >= 0.3 is 0 Å². The Morgan fingerprint density at radius 1 is 0.882 bits per heavy atom. The molecule has 174 valence electrons. The van der Waals surface area contributed by atoms with Crippen molar-refractivity contribution in [3.05, 3.63) is 95.8 Å². The molecule has 0 aliphatic carbocycles. The minimum atomic E-state index is -0.328. The molecule has 2 N–H and O–H groups in total. The molecule has 0 saturated carbocycles. The van der Waals surface area contributed by atoms with E-state index in [-0.39, 0.29) is 35.3 Å². The van der Waals surface area contributed by atoms with Gasteiger partial charge in [-0.2, -0.15) is 0 Å². The fourth-order valence-corrected chi connectivity index (χ4v) is 5.09. The molecule has 1 aromatic heterocycles. The van der Waals surface area contributed by atoms with Crippen molar-refractivity contribution in [1.29, 1.82) is 0 Å². The standard InChI is InChI=1S/C28H27FN2O3/c29-24-9-7-20(8-10-24)28(31-26(33)11-12-27(31)34)21-13-15-30(16-14-21)18-25(32)23-6-5-19-3-1-2-4-22(19)17-23/h1-12,17,21,28,33-34H,13-16,18H2. The van der Waals surface area contributed by atoms with Crippen molar-refractivity contribution < 1.29 is 19.4 Å². The van der Waals surface area contributed by atoms with Gasteiger partial charge in [-0.25, -0.2) is 4.39 Å². The highest BCUT2D eigenvalue weighted by molar-refractivity contribution is 6.01. The van der Waals surface area contributed by atoms with E-state index in [1.165, 1.54) is 28.8 Å². The van der Waals surface area contributed by atoms with E-state index >= 15 is 0 Å². The van der Waals surface area contributed by atoms with Gasteiger partial charge in [-0.15, -0.1) is 0 Å². The monoisotopic (exact) mass is 458 g/mol. The number of likely N-dealkylation sites (tertiary alicyclic amines) is 1. The van der Waals surface area contributed by atoms with Crippen LogP contribution in [0, 0.1) is 11.7 Å². The van der Waals surface area contributed by atoms with Gasteiger partial charge in [-0.05, 0) is 66.4 Å². The third kappa shape index (κ3) is 4.41. The maximum atomic E-state index is 13.5. The molecule has 6 heteroatoms. The summed E-state index contributed by atoms with van der Waals surface area (Å²) >= 11 is 0. The average Bonchev–Trinajstić information content (AvgIpc) is 3.19. The first-order valence-electron chi connectivity index (χ1n) is 11.6. The second kappa shape index (κ2) is 9.31. The summed E-state index contributed by atoms with van der Waals surface area (Å²) in [5.74, 6) is -0.173. The van der Waals surface area contributed by atoms with Crippen LogP contribution in [0.5, 0.6) is 11.8 Å². The van der Waals surface area contributed by atoms with Crippen molar-refractivity contribution in [3.8, 4) is 11.8 Å². The highest BCUT2D eigenvalue weighted by atomic mass is 19.1. The number of piperidine rings is 1. The summed E-state index contributed by atoms with van der Waals surface area (Å²) < 4.78 is 15.1. The molecule has 1 atom stereocenters. The smallest absolute Gasteiger partial charge is 0.194 e. The molecule has 1 fully saturated rings. The normalized spacial score (nSPS) is 16.0. The molecule has 0 amide bonds. The van der Waals surface area contributed by atoms with E-state index in [4.69, 9.17) is 0 Å². The molecule has 2 heterocycles. The molecule has 5 nitrogen and oxygen atoms in total. The minimum absolute atomic E-state index is 0.0271. The van der Waals surface area contributed by atoms with Gasteiger partial charge < -0.3 is 10.2 Å². The lowest BCUT2D eigenvalue weighted by Crippen LogP contribution is -2.39. The first-order chi connectivity index (χ1) is 16.5. The molecule has 1 aliphatic heterocycles. The topological polar surface area (TPSA) is 65.7 Å². The summed E-state index contributed by atoms with van der Waals surface area (Å²) in [5.41, 5.74) is 1.54. The van der Waals surface area contributed by atoms with Crippen LogP contribution < -0.4 is 0 Å². The minimum Gasteiger partial charge on any atom is -0.494 e. The number of carbonyl (C=O) groups is 1. The Bertz CT molecular complexity index is 1290. The second-order valence-electron chi connectivity index (χ2n) is 9.01. The Morgan fingerprint density at radius 2 is 1.53 bits per heavy atom. The predicted molar refractivity (Wildman–Crippen MR) is 130 cm³/mol. The summed E-state index contributed by atoms with van der Waals surface area (Å²) in [4.78, 5) is 15.1. The van der Waals surface area contributed by atoms with E-state index in [9.17, 15) is 19.4 Å². The van der Waals surface area contributed by atoms with Crippen molar-refractivity contribution in [3.63, 3.8) is 0 Å². The van der Waals surface area contributed by atoms with Gasteiger partial charge in [-0.3, -0.25) is 14.3 Å². The quantitative estimate of drug-likeness (QED) is 0.381. The molecular formula is C28H27FN2O3. The number of benzene rings is 3. The molecule has 0 spiro atoms. The molecule has 5 rings (SSSR count). The zero-order chi connectivity index (χ0) is 23.7. The Balaban J connectivity index is 1.30. The number of hydrogen-bond donors (Lipinski definition) is 2. The van der Waals surface area contributed by atoms with E-state index in [1.54, 1.807) is 12.1 Å². The fraction of sp³-hybridized carbons (Fsp3) is 0.250. The number of hydrogen-bond acceptors (Lipinski definition) is 4. The Kier molecular flexibility index (Phi) is 6.07. The molecule has 1 aliphatic rings. The van der Waals surface area contributed by atoms with Gasteiger partial charge in [0.05, 0.1) is 12.6 Å². The number of ketones is 1. The SMILES string of the molecule is O=C(CN1CCC(C(c2ccc(F)cc2)n2c(O)ccc2O)CC1)c1ccc2ccccc2c1. The lowest BCUT2D eigenvalue weighted by atomic mass is 9.85. The lowest BCUT2D eigenvalue weighted by molar-refractivity contribution is 0.0879. The van der Waals surface area contributed by atoms with Crippen LogP contribution in [-0.4, -0.2) is 45.1 Å². The summed E-state index contributed by atoms with van der Waals surface area (Å²) in [6, 6.07) is 22.6. The van der Waals surface area contributed by atoms with Crippen LogP contribution in [-0.2, 0) is 0 Å². The largest absolute Gasteiger partial charge is 0.494 e. The number of halogens is 1. The summed E-state index contributed by atoms with van der Waals surface area (Å²) in [7, 11) is 0. The van der Waals surface area contributed by atoms with E-state index in [1.807, 2.05) is 42.5 Å². The summed E-state index contributed by atoms with van der Waals surface area (Å²) in [6.07, 6.45) is 1.56. The Morgan fingerprint density at radius 3 is 2.21 bits per heavy atom. The average molecular weight is 459 g/mol. The van der Waals surface area contributed by atoms with Gasteiger partial charge in [0.2, 0.25) is 0 Å². The lowest BCUT2D eigenvalue weighted by Gasteiger charge is -2.37. The molecule has 4 aromatic rings. The van der Waals surface area contributed by atoms with Crippen LogP contribution in [0.4, 0.5) is 4.39 Å². The maximum absolute atomic E-state index is 13.5.